The number of allylic oxidation sites excluding steroid dienone is 1. The second-order valence-electron chi connectivity index (χ2n) is 7.93. The Morgan fingerprint density at radius 1 is 0.852 bits per heavy atom. The molecule has 0 bridgehead atoms. The van der Waals surface area contributed by atoms with E-state index in [2.05, 4.69) is 76.2 Å². The van der Waals surface area contributed by atoms with Crippen LogP contribution in [0.25, 0.3) is 11.1 Å². The Bertz CT molecular complexity index is 1040. The smallest absolute Gasteiger partial charge is 0.116 e. The summed E-state index contributed by atoms with van der Waals surface area (Å²) in [6.45, 7) is 8.71. The summed E-state index contributed by atoms with van der Waals surface area (Å²) in [7, 11) is 0. The van der Waals surface area contributed by atoms with Gasteiger partial charge in [0.25, 0.3) is 0 Å². The van der Waals surface area contributed by atoms with Crippen molar-refractivity contribution in [1.82, 2.24) is 0 Å². The van der Waals surface area contributed by atoms with Crippen LogP contribution in [0.1, 0.15) is 58.7 Å². The van der Waals surface area contributed by atoms with Gasteiger partial charge in [-0.2, -0.15) is 0 Å². The number of rotatable bonds is 3. The first kappa shape index (κ1) is 17.6. The normalized spacial score (nSPS) is 13.4. The van der Waals surface area contributed by atoms with E-state index >= 15 is 0 Å². The van der Waals surface area contributed by atoms with Crippen molar-refractivity contribution in [3.63, 3.8) is 0 Å². The van der Waals surface area contributed by atoms with Crippen LogP contribution in [0.3, 0.4) is 0 Å². The van der Waals surface area contributed by atoms with Crippen molar-refractivity contribution in [3.05, 3.63) is 99.6 Å². The minimum Gasteiger partial charge on any atom is -0.508 e. The quantitative estimate of drug-likeness (QED) is 0.558. The van der Waals surface area contributed by atoms with Crippen molar-refractivity contribution in [3.8, 4) is 5.75 Å². The monoisotopic (exact) mass is 354 g/mol. The number of hydrogen-bond donors (Lipinski definition) is 1. The van der Waals surface area contributed by atoms with Crippen LogP contribution in [0.15, 0.2) is 60.7 Å². The van der Waals surface area contributed by atoms with Gasteiger partial charge < -0.3 is 5.11 Å². The number of phenols is 1. The van der Waals surface area contributed by atoms with Crippen molar-refractivity contribution in [1.29, 1.82) is 0 Å². The van der Waals surface area contributed by atoms with Crippen LogP contribution in [0.5, 0.6) is 5.75 Å². The highest BCUT2D eigenvalue weighted by Gasteiger charge is 2.27. The molecule has 0 fully saturated rings. The summed E-state index contributed by atoms with van der Waals surface area (Å²) in [5.41, 5.74) is 11.5. The van der Waals surface area contributed by atoms with E-state index in [1.807, 2.05) is 12.1 Å². The molecular weight excluding hydrogens is 328 g/mol. The largest absolute Gasteiger partial charge is 0.508 e. The number of hydrogen-bond acceptors (Lipinski definition) is 1. The minimum atomic E-state index is 0.343. The molecule has 0 aromatic heterocycles. The molecule has 0 radical (unpaired) electrons. The molecule has 0 atom stereocenters. The molecule has 1 N–H and O–H groups in total. The number of aromatic hydroxyl groups is 1. The predicted octanol–water partition coefficient (Wildman–Crippen LogP) is 6.65. The minimum absolute atomic E-state index is 0.343. The van der Waals surface area contributed by atoms with Gasteiger partial charge in [0.15, 0.2) is 0 Å². The molecule has 136 valence electrons. The summed E-state index contributed by atoms with van der Waals surface area (Å²) < 4.78 is 0. The molecule has 1 aliphatic carbocycles. The molecule has 3 aromatic rings. The molecule has 1 aliphatic rings. The number of phenolic OH excluding ortho intramolecular Hbond substituents is 1. The molecular formula is C26H26O. The van der Waals surface area contributed by atoms with Crippen molar-refractivity contribution in [2.45, 2.75) is 40.0 Å². The SMILES string of the molecule is Cc1ccc(C2=C(c3ccccc3C(C)C)c3cc(O)cc(C)c3C2)cc1. The average molecular weight is 354 g/mol. The fourth-order valence-corrected chi connectivity index (χ4v) is 4.22. The Balaban J connectivity index is 2.03. The van der Waals surface area contributed by atoms with Gasteiger partial charge in [0.1, 0.15) is 5.75 Å². The Kier molecular flexibility index (Phi) is 4.39. The van der Waals surface area contributed by atoms with Gasteiger partial charge in [0.05, 0.1) is 0 Å². The summed E-state index contributed by atoms with van der Waals surface area (Å²) >= 11 is 0. The highest BCUT2D eigenvalue weighted by molar-refractivity contribution is 6.05. The lowest BCUT2D eigenvalue weighted by molar-refractivity contribution is 0.474. The van der Waals surface area contributed by atoms with Gasteiger partial charge in [-0.25, -0.2) is 0 Å². The van der Waals surface area contributed by atoms with Crippen LogP contribution in [0.2, 0.25) is 0 Å². The Morgan fingerprint density at radius 2 is 1.56 bits per heavy atom. The van der Waals surface area contributed by atoms with Crippen molar-refractivity contribution >= 4 is 11.1 Å². The summed E-state index contributed by atoms with van der Waals surface area (Å²) in [5.74, 6) is 0.784. The fraction of sp³-hybridized carbons (Fsp3) is 0.231. The van der Waals surface area contributed by atoms with Gasteiger partial charge in [-0.05, 0) is 82.8 Å². The molecule has 27 heavy (non-hydrogen) atoms. The molecule has 0 heterocycles. The lowest BCUT2D eigenvalue weighted by atomic mass is 9.87. The third-order valence-corrected chi connectivity index (χ3v) is 5.63. The Hall–Kier alpha value is -2.80. The van der Waals surface area contributed by atoms with E-state index in [0.29, 0.717) is 11.7 Å². The molecule has 0 saturated carbocycles. The average Bonchev–Trinajstić information content (AvgIpc) is 3.01. The third-order valence-electron chi connectivity index (χ3n) is 5.63. The summed E-state index contributed by atoms with van der Waals surface area (Å²) in [6, 6.07) is 21.3. The number of aryl methyl sites for hydroxylation is 2. The lowest BCUT2D eigenvalue weighted by Crippen LogP contribution is -1.98. The van der Waals surface area contributed by atoms with Gasteiger partial charge in [0.2, 0.25) is 0 Å². The van der Waals surface area contributed by atoms with Crippen LogP contribution in [0, 0.1) is 13.8 Å². The molecule has 1 nitrogen and oxygen atoms in total. The van der Waals surface area contributed by atoms with Gasteiger partial charge in [-0.1, -0.05) is 67.9 Å². The molecule has 0 spiro atoms. The molecule has 0 unspecified atom stereocenters. The maximum absolute atomic E-state index is 10.3. The van der Waals surface area contributed by atoms with E-state index in [0.717, 1.165) is 12.0 Å². The van der Waals surface area contributed by atoms with Gasteiger partial charge >= 0.3 is 0 Å². The van der Waals surface area contributed by atoms with Crippen molar-refractivity contribution in [2.24, 2.45) is 0 Å². The molecule has 3 aromatic carbocycles. The standard InChI is InChI=1S/C26H26O/c1-16(2)21-7-5-6-8-22(21)26-24(19-11-9-17(3)10-12-19)15-23-18(4)13-20(27)14-25(23)26/h5-14,16,27H,15H2,1-4H3. The van der Waals surface area contributed by atoms with Crippen LogP contribution in [0.4, 0.5) is 0 Å². The lowest BCUT2D eigenvalue weighted by Gasteiger charge is -2.17. The zero-order chi connectivity index (χ0) is 19.1. The van der Waals surface area contributed by atoms with Gasteiger partial charge in [-0.15, -0.1) is 0 Å². The van der Waals surface area contributed by atoms with E-state index < -0.39 is 0 Å². The molecule has 0 saturated heterocycles. The van der Waals surface area contributed by atoms with Crippen LogP contribution >= 0.6 is 0 Å². The first-order valence-electron chi connectivity index (χ1n) is 9.68. The van der Waals surface area contributed by atoms with E-state index in [4.69, 9.17) is 0 Å². The molecule has 0 amide bonds. The summed E-state index contributed by atoms with van der Waals surface area (Å²) in [6.07, 6.45) is 0.909. The topological polar surface area (TPSA) is 20.2 Å². The van der Waals surface area contributed by atoms with Gasteiger partial charge in [0, 0.05) is 0 Å². The second kappa shape index (κ2) is 6.74. The van der Waals surface area contributed by atoms with E-state index in [1.165, 1.54) is 44.5 Å². The van der Waals surface area contributed by atoms with E-state index in [1.54, 1.807) is 0 Å². The van der Waals surface area contributed by atoms with Crippen LogP contribution in [-0.2, 0) is 6.42 Å². The number of fused-ring (bicyclic) bond motifs is 1. The first-order chi connectivity index (χ1) is 13.0. The van der Waals surface area contributed by atoms with Crippen molar-refractivity contribution in [2.75, 3.05) is 0 Å². The van der Waals surface area contributed by atoms with Crippen LogP contribution in [-0.4, -0.2) is 5.11 Å². The van der Waals surface area contributed by atoms with E-state index in [-0.39, 0.29) is 0 Å². The summed E-state index contributed by atoms with van der Waals surface area (Å²) in [5, 5.41) is 10.3. The molecule has 1 heteroatoms. The zero-order valence-electron chi connectivity index (χ0n) is 16.5. The maximum atomic E-state index is 10.3. The molecule has 0 aliphatic heterocycles. The molecule has 4 rings (SSSR count). The van der Waals surface area contributed by atoms with Crippen LogP contribution < -0.4 is 0 Å². The predicted molar refractivity (Wildman–Crippen MR) is 114 cm³/mol. The zero-order valence-corrected chi connectivity index (χ0v) is 16.5. The Labute approximate surface area is 162 Å². The first-order valence-corrected chi connectivity index (χ1v) is 9.68. The third kappa shape index (κ3) is 3.08. The van der Waals surface area contributed by atoms with E-state index in [9.17, 15) is 5.11 Å². The number of benzene rings is 3. The summed E-state index contributed by atoms with van der Waals surface area (Å²) in [4.78, 5) is 0. The maximum Gasteiger partial charge on any atom is 0.116 e. The Morgan fingerprint density at radius 3 is 2.26 bits per heavy atom. The highest BCUT2D eigenvalue weighted by Crippen LogP contribution is 2.46. The van der Waals surface area contributed by atoms with Crippen molar-refractivity contribution < 1.29 is 5.11 Å². The van der Waals surface area contributed by atoms with Gasteiger partial charge in [-0.3, -0.25) is 0 Å². The second-order valence-corrected chi connectivity index (χ2v) is 7.93. The fourth-order valence-electron chi connectivity index (χ4n) is 4.22. The highest BCUT2D eigenvalue weighted by atomic mass is 16.3.